The zero-order valence-corrected chi connectivity index (χ0v) is 22.1. The average molecular weight is 523 g/mol. The summed E-state index contributed by atoms with van der Waals surface area (Å²) in [5, 5.41) is 4.60. The van der Waals surface area contributed by atoms with Crippen LogP contribution in [0.3, 0.4) is 0 Å². The van der Waals surface area contributed by atoms with Gasteiger partial charge >= 0.3 is 0 Å². The van der Waals surface area contributed by atoms with E-state index in [0.717, 1.165) is 117 Å². The number of halogens is 1. The summed E-state index contributed by atoms with van der Waals surface area (Å²) in [6.45, 7) is 8.98. The van der Waals surface area contributed by atoms with Crippen molar-refractivity contribution in [2.45, 2.75) is 31.6 Å². The minimum atomic E-state index is -0.236. The molecule has 3 saturated heterocycles. The Labute approximate surface area is 222 Å². The smallest absolute Gasteiger partial charge is 0.225 e. The van der Waals surface area contributed by atoms with Crippen LogP contribution in [0.2, 0.25) is 0 Å². The third kappa shape index (κ3) is 5.85. The van der Waals surface area contributed by atoms with Gasteiger partial charge < -0.3 is 15.0 Å². The van der Waals surface area contributed by atoms with Gasteiger partial charge in [-0.2, -0.15) is 0 Å². The molecular formula is C28H35FN6OS. The normalized spacial score (nSPS) is 20.4. The summed E-state index contributed by atoms with van der Waals surface area (Å²) in [5.74, 6) is 1.73. The first-order chi connectivity index (χ1) is 18.2. The Balaban J connectivity index is 1.22. The van der Waals surface area contributed by atoms with Crippen LogP contribution >= 0.6 is 11.3 Å². The van der Waals surface area contributed by atoms with Crippen LogP contribution in [-0.2, 0) is 4.74 Å². The van der Waals surface area contributed by atoms with Gasteiger partial charge in [0.15, 0.2) is 0 Å². The maximum atomic E-state index is 13.7. The van der Waals surface area contributed by atoms with Crippen LogP contribution in [0.25, 0.3) is 21.8 Å². The van der Waals surface area contributed by atoms with Crippen molar-refractivity contribution in [3.05, 3.63) is 47.4 Å². The molecule has 3 aliphatic heterocycles. The van der Waals surface area contributed by atoms with E-state index in [2.05, 4.69) is 20.1 Å². The third-order valence-corrected chi connectivity index (χ3v) is 9.08. The van der Waals surface area contributed by atoms with Crippen LogP contribution in [0.5, 0.6) is 0 Å². The molecule has 9 heteroatoms. The summed E-state index contributed by atoms with van der Waals surface area (Å²) >= 11 is 1.74. The standard InChI is InChI=1S/C28H35FN6OS/c29-23-3-1-21(2-4-23)25-26(37-27(33-25)22-5-10-30-11-6-22)24-7-12-31-28(32-24)35-13-8-20(9-14-35)19-34-15-17-36-18-16-34/h1-4,7,12,20,22,30H,5-6,8-11,13-19H2. The number of aromatic nitrogens is 3. The van der Waals surface area contributed by atoms with Crippen LogP contribution in [-0.4, -0.2) is 78.9 Å². The lowest BCUT2D eigenvalue weighted by Crippen LogP contribution is -2.43. The lowest BCUT2D eigenvalue weighted by molar-refractivity contribution is 0.0289. The van der Waals surface area contributed by atoms with E-state index in [4.69, 9.17) is 14.7 Å². The Bertz CT molecular complexity index is 1170. The number of nitrogens with one attached hydrogen (secondary N) is 1. The topological polar surface area (TPSA) is 66.4 Å². The van der Waals surface area contributed by atoms with Crippen molar-refractivity contribution in [2.75, 3.05) is 63.9 Å². The van der Waals surface area contributed by atoms with E-state index in [1.807, 2.05) is 24.4 Å². The quantitative estimate of drug-likeness (QED) is 0.514. The highest BCUT2D eigenvalue weighted by Gasteiger charge is 2.26. The molecule has 3 aliphatic rings. The fourth-order valence-electron chi connectivity index (χ4n) is 5.65. The monoisotopic (exact) mass is 522 g/mol. The molecule has 3 fully saturated rings. The van der Waals surface area contributed by atoms with Crippen molar-refractivity contribution in [1.82, 2.24) is 25.2 Å². The van der Waals surface area contributed by atoms with E-state index in [1.54, 1.807) is 11.3 Å². The maximum Gasteiger partial charge on any atom is 0.225 e. The van der Waals surface area contributed by atoms with Crippen molar-refractivity contribution in [3.63, 3.8) is 0 Å². The van der Waals surface area contributed by atoms with Gasteiger partial charge in [0, 0.05) is 50.4 Å². The number of anilines is 1. The van der Waals surface area contributed by atoms with Crippen LogP contribution in [0.1, 0.15) is 36.6 Å². The van der Waals surface area contributed by atoms with Crippen molar-refractivity contribution in [1.29, 1.82) is 0 Å². The van der Waals surface area contributed by atoms with Crippen LogP contribution in [0, 0.1) is 11.7 Å². The van der Waals surface area contributed by atoms with Crippen molar-refractivity contribution in [2.24, 2.45) is 5.92 Å². The van der Waals surface area contributed by atoms with Crippen LogP contribution < -0.4 is 10.2 Å². The molecule has 196 valence electrons. The van der Waals surface area contributed by atoms with Gasteiger partial charge in [-0.3, -0.25) is 4.90 Å². The molecule has 0 saturated carbocycles. The van der Waals surface area contributed by atoms with Crippen LogP contribution in [0.4, 0.5) is 10.3 Å². The second-order valence-corrected chi connectivity index (χ2v) is 11.4. The van der Waals surface area contributed by atoms with Crippen molar-refractivity contribution in [3.8, 4) is 21.8 Å². The molecule has 1 N–H and O–H groups in total. The van der Waals surface area contributed by atoms with Gasteiger partial charge in [-0.1, -0.05) is 0 Å². The minimum Gasteiger partial charge on any atom is -0.379 e. The van der Waals surface area contributed by atoms with Crippen molar-refractivity contribution >= 4 is 17.3 Å². The Morgan fingerprint density at radius 1 is 0.946 bits per heavy atom. The number of ether oxygens (including phenoxy) is 1. The first kappa shape index (κ1) is 24.9. The Kier molecular flexibility index (Phi) is 7.73. The summed E-state index contributed by atoms with van der Waals surface area (Å²) in [4.78, 5) is 20.7. The summed E-state index contributed by atoms with van der Waals surface area (Å²) < 4.78 is 19.2. The van der Waals surface area contributed by atoms with Gasteiger partial charge in [0.1, 0.15) is 5.82 Å². The molecule has 0 amide bonds. The number of hydrogen-bond acceptors (Lipinski definition) is 8. The van der Waals surface area contributed by atoms with E-state index in [9.17, 15) is 4.39 Å². The number of thiazole rings is 1. The lowest BCUT2D eigenvalue weighted by Gasteiger charge is -2.36. The number of piperidine rings is 2. The third-order valence-electron chi connectivity index (χ3n) is 7.84. The number of morpholine rings is 1. The second-order valence-electron chi connectivity index (χ2n) is 10.3. The molecule has 0 bridgehead atoms. The van der Waals surface area contributed by atoms with E-state index < -0.39 is 0 Å². The number of benzene rings is 1. The molecule has 0 spiro atoms. The Morgan fingerprint density at radius 3 is 2.46 bits per heavy atom. The van der Waals surface area contributed by atoms with Gasteiger partial charge in [-0.05, 0) is 75.0 Å². The molecule has 7 nitrogen and oxygen atoms in total. The fourth-order valence-corrected chi connectivity index (χ4v) is 6.88. The SMILES string of the molecule is Fc1ccc(-c2nc(C3CCNCC3)sc2-c2ccnc(N3CCC(CN4CCOCC4)CC3)n2)cc1. The zero-order chi connectivity index (χ0) is 25.0. The lowest BCUT2D eigenvalue weighted by atomic mass is 9.96. The molecule has 3 aromatic rings. The molecule has 5 heterocycles. The predicted octanol–water partition coefficient (Wildman–Crippen LogP) is 4.42. The molecule has 37 heavy (non-hydrogen) atoms. The number of rotatable bonds is 6. The van der Waals surface area contributed by atoms with Gasteiger partial charge in [0.2, 0.25) is 5.95 Å². The maximum absolute atomic E-state index is 13.7. The molecule has 0 atom stereocenters. The highest BCUT2D eigenvalue weighted by Crippen LogP contribution is 2.40. The Morgan fingerprint density at radius 2 is 1.70 bits per heavy atom. The Hall–Kier alpha value is -2.46. The number of hydrogen-bond donors (Lipinski definition) is 1. The first-order valence-corrected chi connectivity index (χ1v) is 14.4. The zero-order valence-electron chi connectivity index (χ0n) is 21.2. The van der Waals surface area contributed by atoms with Crippen molar-refractivity contribution < 1.29 is 9.13 Å². The number of nitrogens with zero attached hydrogens (tertiary/aromatic N) is 5. The van der Waals surface area contributed by atoms with E-state index in [1.165, 1.54) is 18.7 Å². The molecular weight excluding hydrogens is 487 g/mol. The van der Waals surface area contributed by atoms with E-state index in [0.29, 0.717) is 5.92 Å². The molecule has 2 aromatic heterocycles. The predicted molar refractivity (Wildman–Crippen MR) is 146 cm³/mol. The summed E-state index contributed by atoms with van der Waals surface area (Å²) in [5.41, 5.74) is 2.72. The van der Waals surface area contributed by atoms with E-state index in [-0.39, 0.29) is 5.82 Å². The van der Waals surface area contributed by atoms with Gasteiger partial charge in [-0.25, -0.2) is 19.3 Å². The first-order valence-electron chi connectivity index (χ1n) is 13.6. The molecule has 6 rings (SSSR count). The summed E-state index contributed by atoms with van der Waals surface area (Å²) in [7, 11) is 0. The summed E-state index contributed by atoms with van der Waals surface area (Å²) in [6.07, 6.45) is 6.36. The summed E-state index contributed by atoms with van der Waals surface area (Å²) in [6, 6.07) is 8.65. The van der Waals surface area contributed by atoms with E-state index >= 15 is 0 Å². The molecule has 0 radical (unpaired) electrons. The van der Waals surface area contributed by atoms with Gasteiger partial charge in [0.05, 0.1) is 34.5 Å². The van der Waals surface area contributed by atoms with Crippen LogP contribution in [0.15, 0.2) is 36.5 Å². The molecule has 1 aromatic carbocycles. The second kappa shape index (κ2) is 11.5. The molecule has 0 aliphatic carbocycles. The highest BCUT2D eigenvalue weighted by atomic mass is 32.1. The average Bonchev–Trinajstić information content (AvgIpc) is 3.41. The fraction of sp³-hybridized carbons (Fsp3) is 0.536. The van der Waals surface area contributed by atoms with Gasteiger partial charge in [0.25, 0.3) is 0 Å². The highest BCUT2D eigenvalue weighted by molar-refractivity contribution is 7.15. The largest absolute Gasteiger partial charge is 0.379 e. The van der Waals surface area contributed by atoms with Gasteiger partial charge in [-0.15, -0.1) is 11.3 Å². The minimum absolute atomic E-state index is 0.236. The molecule has 0 unspecified atom stereocenters.